The van der Waals surface area contributed by atoms with E-state index in [0.717, 1.165) is 31.8 Å². The normalized spacial score (nSPS) is 23.6. The lowest BCUT2D eigenvalue weighted by molar-refractivity contribution is -0.0320. The van der Waals surface area contributed by atoms with Crippen LogP contribution in [0.3, 0.4) is 0 Å². The first kappa shape index (κ1) is 12.5. The number of hydrogen-bond acceptors (Lipinski definition) is 3. The van der Waals surface area contributed by atoms with Crippen molar-refractivity contribution in [3.8, 4) is 0 Å². The van der Waals surface area contributed by atoms with Crippen LogP contribution < -0.4 is 0 Å². The highest BCUT2D eigenvalue weighted by Crippen LogP contribution is 2.22. The predicted molar refractivity (Wildman–Crippen MR) is 69.0 cm³/mol. The molecule has 1 aliphatic rings. The van der Waals surface area contributed by atoms with E-state index in [1.54, 1.807) is 0 Å². The number of morpholine rings is 1. The number of aryl methyl sites for hydroxylation is 1. The van der Waals surface area contributed by atoms with Gasteiger partial charge in [0.2, 0.25) is 0 Å². The molecule has 1 aliphatic heterocycles. The monoisotopic (exact) mass is 234 g/mol. The lowest BCUT2D eigenvalue weighted by Gasteiger charge is -2.35. The number of nitrogens with zero attached hydrogens (tertiary/aromatic N) is 2. The predicted octanol–water partition coefficient (Wildman–Crippen LogP) is 2.43. The molecule has 2 rings (SSSR count). The summed E-state index contributed by atoms with van der Waals surface area (Å²) >= 11 is 0. The van der Waals surface area contributed by atoms with Crippen molar-refractivity contribution in [1.29, 1.82) is 0 Å². The van der Waals surface area contributed by atoms with Gasteiger partial charge >= 0.3 is 0 Å². The minimum Gasteiger partial charge on any atom is -0.376 e. The summed E-state index contributed by atoms with van der Waals surface area (Å²) in [7, 11) is 0. The zero-order valence-corrected chi connectivity index (χ0v) is 11.0. The molecule has 0 amide bonds. The number of hydrogen-bond donors (Lipinski definition) is 0. The van der Waals surface area contributed by atoms with E-state index in [0.29, 0.717) is 12.1 Å². The van der Waals surface area contributed by atoms with Crippen molar-refractivity contribution in [1.82, 2.24) is 9.88 Å². The molecule has 0 radical (unpaired) electrons. The average molecular weight is 234 g/mol. The Labute approximate surface area is 104 Å². The molecule has 3 nitrogen and oxygen atoms in total. The molecule has 17 heavy (non-hydrogen) atoms. The van der Waals surface area contributed by atoms with Crippen molar-refractivity contribution in [2.24, 2.45) is 0 Å². The smallest absolute Gasteiger partial charge is 0.0674 e. The van der Waals surface area contributed by atoms with E-state index in [4.69, 9.17) is 4.74 Å². The number of aromatic nitrogens is 1. The highest BCUT2D eigenvalue weighted by Gasteiger charge is 2.22. The summed E-state index contributed by atoms with van der Waals surface area (Å²) in [5.41, 5.74) is 2.47. The van der Waals surface area contributed by atoms with Crippen molar-refractivity contribution in [3.05, 3.63) is 29.6 Å². The molecular weight excluding hydrogens is 212 g/mol. The van der Waals surface area contributed by atoms with E-state index >= 15 is 0 Å². The molecule has 1 aromatic heterocycles. The third kappa shape index (κ3) is 3.05. The maximum Gasteiger partial charge on any atom is 0.0674 e. The van der Waals surface area contributed by atoms with Crippen LogP contribution in [0.5, 0.6) is 0 Å². The van der Waals surface area contributed by atoms with E-state index < -0.39 is 0 Å². The molecule has 0 saturated carbocycles. The maximum absolute atomic E-state index is 5.57. The molecule has 1 fully saturated rings. The van der Waals surface area contributed by atoms with Gasteiger partial charge in [-0.25, -0.2) is 0 Å². The SMILES string of the molecule is CCc1ccc([C@@H](C)N2CCO[C@@H](C)C2)cn1. The van der Waals surface area contributed by atoms with Gasteiger partial charge < -0.3 is 4.74 Å². The first-order valence-electron chi connectivity index (χ1n) is 6.51. The van der Waals surface area contributed by atoms with Crippen LogP contribution in [0.4, 0.5) is 0 Å². The Bertz CT molecular complexity index is 350. The molecule has 3 heteroatoms. The second-order valence-corrected chi connectivity index (χ2v) is 4.79. The van der Waals surface area contributed by atoms with Crippen LogP contribution in [0.2, 0.25) is 0 Å². The molecule has 0 aromatic carbocycles. The van der Waals surface area contributed by atoms with Crippen molar-refractivity contribution in [3.63, 3.8) is 0 Å². The third-order valence-corrected chi connectivity index (χ3v) is 3.51. The maximum atomic E-state index is 5.57. The van der Waals surface area contributed by atoms with Gasteiger partial charge in [-0.15, -0.1) is 0 Å². The van der Waals surface area contributed by atoms with Crippen molar-refractivity contribution >= 4 is 0 Å². The summed E-state index contributed by atoms with van der Waals surface area (Å²) in [6.45, 7) is 9.39. The Morgan fingerprint density at radius 2 is 2.35 bits per heavy atom. The van der Waals surface area contributed by atoms with E-state index in [1.807, 2.05) is 6.20 Å². The van der Waals surface area contributed by atoms with Gasteiger partial charge in [0.1, 0.15) is 0 Å². The van der Waals surface area contributed by atoms with Crippen molar-refractivity contribution in [2.45, 2.75) is 39.3 Å². The summed E-state index contributed by atoms with van der Waals surface area (Å²) in [6, 6.07) is 4.77. The van der Waals surface area contributed by atoms with Gasteiger partial charge in [-0.1, -0.05) is 13.0 Å². The Morgan fingerprint density at radius 3 is 2.94 bits per heavy atom. The summed E-state index contributed by atoms with van der Waals surface area (Å²) in [6.07, 6.45) is 3.36. The molecule has 1 aromatic rings. The molecule has 94 valence electrons. The molecule has 2 atom stereocenters. The van der Waals surface area contributed by atoms with Crippen LogP contribution in [0.25, 0.3) is 0 Å². The zero-order chi connectivity index (χ0) is 12.3. The Balaban J connectivity index is 2.04. The first-order valence-corrected chi connectivity index (χ1v) is 6.51. The standard InChI is InChI=1S/C14H22N2O/c1-4-14-6-5-13(9-15-14)12(3)16-7-8-17-11(2)10-16/h5-6,9,11-12H,4,7-8,10H2,1-3H3/t11-,12+/m0/s1. The van der Waals surface area contributed by atoms with Crippen LogP contribution in [0, 0.1) is 0 Å². The van der Waals surface area contributed by atoms with Gasteiger partial charge in [0, 0.05) is 31.0 Å². The van der Waals surface area contributed by atoms with Crippen LogP contribution in [-0.2, 0) is 11.2 Å². The van der Waals surface area contributed by atoms with Gasteiger partial charge in [-0.05, 0) is 31.9 Å². The first-order chi connectivity index (χ1) is 8.20. The molecule has 0 N–H and O–H groups in total. The molecule has 2 heterocycles. The fraction of sp³-hybridized carbons (Fsp3) is 0.643. The molecule has 0 unspecified atom stereocenters. The van der Waals surface area contributed by atoms with Gasteiger partial charge in [0.25, 0.3) is 0 Å². The van der Waals surface area contributed by atoms with Crippen molar-refractivity contribution < 1.29 is 4.74 Å². The fourth-order valence-electron chi connectivity index (χ4n) is 2.30. The van der Waals surface area contributed by atoms with Gasteiger partial charge in [-0.3, -0.25) is 9.88 Å². The lowest BCUT2D eigenvalue weighted by Crippen LogP contribution is -2.42. The minimum atomic E-state index is 0.342. The third-order valence-electron chi connectivity index (χ3n) is 3.51. The highest BCUT2D eigenvalue weighted by molar-refractivity contribution is 5.17. The molecule has 0 bridgehead atoms. The molecular formula is C14H22N2O. The van der Waals surface area contributed by atoms with Crippen LogP contribution >= 0.6 is 0 Å². The van der Waals surface area contributed by atoms with Crippen LogP contribution in [-0.4, -0.2) is 35.7 Å². The largest absolute Gasteiger partial charge is 0.376 e. The molecule has 1 saturated heterocycles. The topological polar surface area (TPSA) is 25.4 Å². The van der Waals surface area contributed by atoms with Gasteiger partial charge in [0.15, 0.2) is 0 Å². The quantitative estimate of drug-likeness (QED) is 0.803. The van der Waals surface area contributed by atoms with E-state index in [9.17, 15) is 0 Å². The van der Waals surface area contributed by atoms with E-state index in [-0.39, 0.29) is 0 Å². The highest BCUT2D eigenvalue weighted by atomic mass is 16.5. The second-order valence-electron chi connectivity index (χ2n) is 4.79. The second kappa shape index (κ2) is 5.61. The van der Waals surface area contributed by atoms with E-state index in [2.05, 4.69) is 42.8 Å². The van der Waals surface area contributed by atoms with Gasteiger partial charge in [-0.2, -0.15) is 0 Å². The molecule has 0 aliphatic carbocycles. The summed E-state index contributed by atoms with van der Waals surface area (Å²) in [5, 5.41) is 0. The lowest BCUT2D eigenvalue weighted by atomic mass is 10.1. The zero-order valence-electron chi connectivity index (χ0n) is 11.0. The Kier molecular flexibility index (Phi) is 4.13. The Hall–Kier alpha value is -0.930. The summed E-state index contributed by atoms with van der Waals surface area (Å²) in [4.78, 5) is 6.94. The summed E-state index contributed by atoms with van der Waals surface area (Å²) < 4.78 is 5.57. The molecule has 0 spiro atoms. The number of pyridine rings is 1. The van der Waals surface area contributed by atoms with E-state index in [1.165, 1.54) is 5.56 Å². The van der Waals surface area contributed by atoms with Gasteiger partial charge in [0.05, 0.1) is 12.7 Å². The number of ether oxygens (including phenoxy) is 1. The van der Waals surface area contributed by atoms with Crippen molar-refractivity contribution in [2.75, 3.05) is 19.7 Å². The average Bonchev–Trinajstić information content (AvgIpc) is 2.38. The fourth-order valence-corrected chi connectivity index (χ4v) is 2.30. The number of rotatable bonds is 3. The van der Waals surface area contributed by atoms with Crippen LogP contribution in [0.1, 0.15) is 38.1 Å². The minimum absolute atomic E-state index is 0.342. The van der Waals surface area contributed by atoms with Crippen LogP contribution in [0.15, 0.2) is 18.3 Å². The Morgan fingerprint density at radius 1 is 1.53 bits per heavy atom. The summed E-state index contributed by atoms with van der Waals surface area (Å²) in [5.74, 6) is 0.